The lowest BCUT2D eigenvalue weighted by atomic mass is 9.48. The summed E-state index contributed by atoms with van der Waals surface area (Å²) >= 11 is 0. The van der Waals surface area contributed by atoms with Gasteiger partial charge in [-0.1, -0.05) is 38.0 Å². The van der Waals surface area contributed by atoms with E-state index in [2.05, 4.69) is 32.9 Å². The van der Waals surface area contributed by atoms with Gasteiger partial charge in [0.2, 0.25) is 0 Å². The number of rotatable bonds is 0. The molecule has 4 aliphatic rings. The van der Waals surface area contributed by atoms with Gasteiger partial charge in [0.05, 0.1) is 0 Å². The second kappa shape index (κ2) is 4.24. The van der Waals surface area contributed by atoms with Gasteiger partial charge in [-0.05, 0) is 86.0 Å². The van der Waals surface area contributed by atoms with Crippen LogP contribution in [0.15, 0.2) is 23.3 Å². The second-order valence-corrected chi connectivity index (χ2v) is 8.65. The highest BCUT2D eigenvalue weighted by atomic mass is 14.6. The Morgan fingerprint density at radius 2 is 1.85 bits per heavy atom. The number of allylic oxidation sites excluding steroid dienone is 4. The van der Waals surface area contributed by atoms with E-state index in [-0.39, 0.29) is 0 Å². The van der Waals surface area contributed by atoms with Crippen LogP contribution in [0, 0.1) is 28.6 Å². The predicted molar refractivity (Wildman–Crippen MR) is 85.5 cm³/mol. The third-order valence-corrected chi connectivity index (χ3v) is 7.66. The van der Waals surface area contributed by atoms with Crippen LogP contribution < -0.4 is 0 Å². The zero-order chi connectivity index (χ0) is 14.0. The first-order valence-corrected chi connectivity index (χ1v) is 8.94. The smallest absolute Gasteiger partial charge is 0.00419 e. The van der Waals surface area contributed by atoms with Gasteiger partial charge >= 0.3 is 0 Å². The van der Waals surface area contributed by atoms with E-state index in [1.165, 1.54) is 51.4 Å². The molecule has 2 fully saturated rings. The molecule has 20 heavy (non-hydrogen) atoms. The Labute approximate surface area is 124 Å². The van der Waals surface area contributed by atoms with E-state index in [0.29, 0.717) is 10.8 Å². The second-order valence-electron chi connectivity index (χ2n) is 8.65. The van der Waals surface area contributed by atoms with Crippen molar-refractivity contribution in [2.45, 2.75) is 72.1 Å². The van der Waals surface area contributed by atoms with Crippen molar-refractivity contribution in [1.82, 2.24) is 0 Å². The first-order valence-electron chi connectivity index (χ1n) is 8.94. The average Bonchev–Trinajstić information content (AvgIpc) is 2.81. The third kappa shape index (κ3) is 1.60. The van der Waals surface area contributed by atoms with Gasteiger partial charge in [0.15, 0.2) is 0 Å². The van der Waals surface area contributed by atoms with Gasteiger partial charge in [-0.25, -0.2) is 0 Å². The van der Waals surface area contributed by atoms with Gasteiger partial charge < -0.3 is 0 Å². The van der Waals surface area contributed by atoms with Gasteiger partial charge in [0.1, 0.15) is 0 Å². The topological polar surface area (TPSA) is 0 Å². The molecular weight excluding hydrogens is 240 g/mol. The molecule has 0 bridgehead atoms. The summed E-state index contributed by atoms with van der Waals surface area (Å²) < 4.78 is 0. The first-order chi connectivity index (χ1) is 9.55. The normalized spacial score (nSPS) is 50.6. The predicted octanol–water partition coefficient (Wildman–Crippen LogP) is 5.90. The third-order valence-electron chi connectivity index (χ3n) is 7.66. The SMILES string of the molecule is CC1=CC2C3CCC[C@@]3(C)CC[C@@H]2[C@@]2(C)CCCC=C12. The number of hydrogen-bond acceptors (Lipinski definition) is 0. The van der Waals surface area contributed by atoms with Gasteiger partial charge in [0.25, 0.3) is 0 Å². The Morgan fingerprint density at radius 3 is 2.70 bits per heavy atom. The molecular formula is C20H30. The molecule has 0 heterocycles. The molecule has 0 saturated heterocycles. The fraction of sp³-hybridized carbons (Fsp3) is 0.800. The van der Waals surface area contributed by atoms with Gasteiger partial charge in [-0.15, -0.1) is 0 Å². The zero-order valence-corrected chi connectivity index (χ0v) is 13.5. The summed E-state index contributed by atoms with van der Waals surface area (Å²) in [5, 5.41) is 0. The van der Waals surface area contributed by atoms with Crippen LogP contribution >= 0.6 is 0 Å². The van der Waals surface area contributed by atoms with Crippen molar-refractivity contribution in [2.75, 3.05) is 0 Å². The van der Waals surface area contributed by atoms with E-state index in [1.807, 2.05) is 0 Å². The van der Waals surface area contributed by atoms with Crippen molar-refractivity contribution >= 4 is 0 Å². The summed E-state index contributed by atoms with van der Waals surface area (Å²) in [7, 11) is 0. The maximum absolute atomic E-state index is 2.71. The van der Waals surface area contributed by atoms with Crippen LogP contribution in [0.4, 0.5) is 0 Å². The van der Waals surface area contributed by atoms with Crippen molar-refractivity contribution in [2.24, 2.45) is 28.6 Å². The molecule has 0 aromatic rings. The van der Waals surface area contributed by atoms with E-state index >= 15 is 0 Å². The zero-order valence-electron chi connectivity index (χ0n) is 13.5. The molecule has 0 nitrogen and oxygen atoms in total. The quantitative estimate of drug-likeness (QED) is 0.514. The van der Waals surface area contributed by atoms with Crippen molar-refractivity contribution < 1.29 is 0 Å². The molecule has 2 unspecified atom stereocenters. The van der Waals surface area contributed by atoms with Crippen LogP contribution in [0.2, 0.25) is 0 Å². The van der Waals surface area contributed by atoms with Crippen molar-refractivity contribution in [3.8, 4) is 0 Å². The van der Waals surface area contributed by atoms with Crippen molar-refractivity contribution in [3.63, 3.8) is 0 Å². The molecule has 4 rings (SSSR count). The largest absolute Gasteiger partial charge is 0.0805 e. The number of fused-ring (bicyclic) bond motifs is 5. The summed E-state index contributed by atoms with van der Waals surface area (Å²) in [5.74, 6) is 2.81. The highest BCUT2D eigenvalue weighted by molar-refractivity contribution is 5.41. The van der Waals surface area contributed by atoms with Crippen LogP contribution in [0.3, 0.4) is 0 Å². The van der Waals surface area contributed by atoms with Gasteiger partial charge in [-0.3, -0.25) is 0 Å². The molecule has 0 aromatic carbocycles. The lowest BCUT2D eigenvalue weighted by molar-refractivity contribution is 0.00347. The molecule has 4 aliphatic carbocycles. The van der Waals surface area contributed by atoms with Crippen LogP contribution in [0.25, 0.3) is 0 Å². The minimum atomic E-state index is 0.506. The molecule has 0 spiro atoms. The summed E-state index contributed by atoms with van der Waals surface area (Å²) in [6, 6.07) is 0. The van der Waals surface area contributed by atoms with Crippen molar-refractivity contribution in [3.05, 3.63) is 23.3 Å². The molecule has 0 amide bonds. The first kappa shape index (κ1) is 13.2. The summed E-state index contributed by atoms with van der Waals surface area (Å²) in [4.78, 5) is 0. The highest BCUT2D eigenvalue weighted by Gasteiger charge is 2.55. The fourth-order valence-electron chi connectivity index (χ4n) is 6.62. The monoisotopic (exact) mass is 270 g/mol. The van der Waals surface area contributed by atoms with Gasteiger partial charge in [-0.2, -0.15) is 0 Å². The van der Waals surface area contributed by atoms with Crippen molar-refractivity contribution in [1.29, 1.82) is 0 Å². The molecule has 5 atom stereocenters. The van der Waals surface area contributed by atoms with Crippen LogP contribution in [-0.2, 0) is 0 Å². The Bertz CT molecular complexity index is 482. The molecule has 0 aliphatic heterocycles. The average molecular weight is 270 g/mol. The summed E-state index contributed by atoms with van der Waals surface area (Å²) in [6.45, 7) is 7.59. The maximum atomic E-state index is 2.71. The number of hydrogen-bond donors (Lipinski definition) is 0. The highest BCUT2D eigenvalue weighted by Crippen LogP contribution is 2.64. The van der Waals surface area contributed by atoms with E-state index < -0.39 is 0 Å². The maximum Gasteiger partial charge on any atom is -0.00419 e. The standard InChI is InChI=1S/C20H30/c1-14-13-15-17-8-6-10-19(17,2)12-9-18(15)20(3)11-5-4-7-16(14)20/h7,13,15,17-18H,4-6,8-12H2,1-3H3/t15?,17?,18-,19-,20-/m0/s1. The Kier molecular flexibility index (Phi) is 2.79. The molecule has 0 N–H and O–H groups in total. The van der Waals surface area contributed by atoms with Crippen LogP contribution in [0.5, 0.6) is 0 Å². The minimum Gasteiger partial charge on any atom is -0.0805 e. The Hall–Kier alpha value is -0.520. The van der Waals surface area contributed by atoms with Crippen LogP contribution in [-0.4, -0.2) is 0 Å². The fourth-order valence-corrected chi connectivity index (χ4v) is 6.62. The van der Waals surface area contributed by atoms with E-state index in [1.54, 1.807) is 11.1 Å². The van der Waals surface area contributed by atoms with E-state index in [9.17, 15) is 0 Å². The van der Waals surface area contributed by atoms with Gasteiger partial charge in [0, 0.05) is 0 Å². The molecule has 110 valence electrons. The summed E-state index contributed by atoms with van der Waals surface area (Å²) in [6.07, 6.45) is 16.9. The van der Waals surface area contributed by atoms with E-state index in [4.69, 9.17) is 0 Å². The lowest BCUT2D eigenvalue weighted by Gasteiger charge is -2.56. The Morgan fingerprint density at radius 1 is 1.00 bits per heavy atom. The Balaban J connectivity index is 1.79. The van der Waals surface area contributed by atoms with E-state index in [0.717, 1.165) is 17.8 Å². The molecule has 0 aromatic heterocycles. The van der Waals surface area contributed by atoms with Crippen LogP contribution in [0.1, 0.15) is 72.1 Å². The molecule has 0 radical (unpaired) electrons. The molecule has 2 saturated carbocycles. The summed E-state index contributed by atoms with van der Waals surface area (Å²) in [5.41, 5.74) is 4.53. The lowest BCUT2D eigenvalue weighted by Crippen LogP contribution is -2.47. The minimum absolute atomic E-state index is 0.506. The molecule has 0 heteroatoms.